The summed E-state index contributed by atoms with van der Waals surface area (Å²) >= 11 is 3.57. The number of fused-ring (bicyclic) bond motifs is 1. The zero-order valence-corrected chi connectivity index (χ0v) is 22.9. The molecule has 9 nitrogen and oxygen atoms in total. The molecule has 40 heavy (non-hydrogen) atoms. The van der Waals surface area contributed by atoms with Gasteiger partial charge in [-0.2, -0.15) is 9.78 Å². The van der Waals surface area contributed by atoms with Crippen molar-refractivity contribution in [3.05, 3.63) is 127 Å². The summed E-state index contributed by atoms with van der Waals surface area (Å²) in [6.45, 7) is 2.46. The number of rotatable bonds is 9. The number of hydrogen-bond acceptors (Lipinski definition) is 7. The number of non-ortho nitro benzene ring substituents is 1. The van der Waals surface area contributed by atoms with Crippen molar-refractivity contribution in [2.45, 2.75) is 13.5 Å². The highest BCUT2D eigenvalue weighted by Gasteiger charge is 2.14. The molecule has 0 spiro atoms. The van der Waals surface area contributed by atoms with E-state index in [4.69, 9.17) is 14.5 Å². The third-order valence-corrected chi connectivity index (χ3v) is 6.69. The fourth-order valence-corrected chi connectivity index (χ4v) is 4.46. The Bertz CT molecular complexity index is 1770. The van der Waals surface area contributed by atoms with Gasteiger partial charge in [-0.05, 0) is 64.8 Å². The number of benzene rings is 4. The minimum absolute atomic E-state index is 0.0151. The maximum atomic E-state index is 13.4. The molecule has 0 atom stereocenters. The second-order valence-corrected chi connectivity index (χ2v) is 9.50. The number of halogens is 1. The second-order valence-electron chi connectivity index (χ2n) is 8.65. The minimum atomic E-state index is -0.444. The molecule has 0 radical (unpaired) electrons. The van der Waals surface area contributed by atoms with E-state index < -0.39 is 4.92 Å². The highest BCUT2D eigenvalue weighted by molar-refractivity contribution is 9.10. The van der Waals surface area contributed by atoms with Crippen LogP contribution in [0.2, 0.25) is 0 Å². The van der Waals surface area contributed by atoms with Gasteiger partial charge in [-0.1, -0.05) is 42.5 Å². The zero-order chi connectivity index (χ0) is 28.1. The Hall–Kier alpha value is -4.83. The van der Waals surface area contributed by atoms with Crippen molar-refractivity contribution in [1.29, 1.82) is 0 Å². The number of nitro groups is 1. The Morgan fingerprint density at radius 3 is 2.40 bits per heavy atom. The summed E-state index contributed by atoms with van der Waals surface area (Å²) < 4.78 is 13.8. The molecular formula is C30H23BrN4O5. The highest BCUT2D eigenvalue weighted by atomic mass is 79.9. The molecule has 10 heteroatoms. The highest BCUT2D eigenvalue weighted by Crippen LogP contribution is 2.34. The molecule has 0 aliphatic heterocycles. The van der Waals surface area contributed by atoms with Crippen LogP contribution in [0.25, 0.3) is 22.3 Å². The van der Waals surface area contributed by atoms with Crippen LogP contribution < -0.4 is 15.0 Å². The molecule has 0 saturated carbocycles. The largest absolute Gasteiger partial charge is 0.490 e. The molecule has 5 aromatic rings. The first kappa shape index (κ1) is 26.8. The van der Waals surface area contributed by atoms with Crippen LogP contribution in [-0.4, -0.2) is 27.4 Å². The van der Waals surface area contributed by atoms with Gasteiger partial charge in [0.1, 0.15) is 6.61 Å². The second kappa shape index (κ2) is 11.9. The fourth-order valence-electron chi connectivity index (χ4n) is 4.03. The number of aromatic nitrogens is 2. The standard InChI is InChI=1S/C30H23BrN4O5/c1-2-39-27-16-22(25(31)17-28(27)40-19-20-12-14-23(15-13-20)35(37)38)18-32-34-29(21-8-4-3-5-9-21)33-26-11-7-6-10-24(26)30(34)36/h3-18H,2,19H2,1H3. The van der Waals surface area contributed by atoms with E-state index in [1.165, 1.54) is 16.8 Å². The van der Waals surface area contributed by atoms with E-state index in [9.17, 15) is 14.9 Å². The van der Waals surface area contributed by atoms with Gasteiger partial charge in [-0.3, -0.25) is 14.9 Å². The molecule has 0 N–H and O–H groups in total. The first-order valence-electron chi connectivity index (χ1n) is 12.4. The van der Waals surface area contributed by atoms with Gasteiger partial charge in [0, 0.05) is 27.7 Å². The molecule has 1 heterocycles. The summed E-state index contributed by atoms with van der Waals surface area (Å²) in [6.07, 6.45) is 1.57. The maximum Gasteiger partial charge on any atom is 0.282 e. The van der Waals surface area contributed by atoms with Crippen molar-refractivity contribution in [2.75, 3.05) is 6.61 Å². The smallest absolute Gasteiger partial charge is 0.282 e. The summed E-state index contributed by atoms with van der Waals surface area (Å²) in [5.74, 6) is 1.39. The SMILES string of the molecule is CCOc1cc(C=Nn2c(-c3ccccc3)nc3ccccc3c2=O)c(Br)cc1OCc1ccc([N+](=O)[O-])cc1. The Morgan fingerprint density at radius 2 is 1.68 bits per heavy atom. The summed E-state index contributed by atoms with van der Waals surface area (Å²) in [7, 11) is 0. The lowest BCUT2D eigenvalue weighted by atomic mass is 10.2. The number of hydrogen-bond donors (Lipinski definition) is 0. The first-order chi connectivity index (χ1) is 19.4. The molecule has 4 aromatic carbocycles. The summed E-state index contributed by atoms with van der Waals surface area (Å²) in [6, 6.07) is 26.3. The van der Waals surface area contributed by atoms with E-state index in [-0.39, 0.29) is 17.9 Å². The third kappa shape index (κ3) is 5.76. The van der Waals surface area contributed by atoms with Gasteiger partial charge in [-0.25, -0.2) is 4.98 Å². The van der Waals surface area contributed by atoms with Gasteiger partial charge in [0.2, 0.25) is 0 Å². The number of nitrogens with zero attached hydrogens (tertiary/aromatic N) is 4. The van der Waals surface area contributed by atoms with Gasteiger partial charge < -0.3 is 9.47 Å². The monoisotopic (exact) mass is 598 g/mol. The van der Waals surface area contributed by atoms with Crippen LogP contribution >= 0.6 is 15.9 Å². The van der Waals surface area contributed by atoms with E-state index in [0.29, 0.717) is 44.9 Å². The number of para-hydroxylation sites is 1. The molecule has 1 aromatic heterocycles. The van der Waals surface area contributed by atoms with Crippen molar-refractivity contribution >= 4 is 38.7 Å². The lowest BCUT2D eigenvalue weighted by Gasteiger charge is -2.14. The Morgan fingerprint density at radius 1 is 0.975 bits per heavy atom. The normalized spacial score (nSPS) is 11.2. The summed E-state index contributed by atoms with van der Waals surface area (Å²) in [5, 5.41) is 15.9. The van der Waals surface area contributed by atoms with Crippen LogP contribution in [0.1, 0.15) is 18.1 Å². The fraction of sp³-hybridized carbons (Fsp3) is 0.100. The number of ether oxygens (including phenoxy) is 2. The molecular weight excluding hydrogens is 576 g/mol. The van der Waals surface area contributed by atoms with Crippen molar-refractivity contribution in [1.82, 2.24) is 9.66 Å². The minimum Gasteiger partial charge on any atom is -0.490 e. The molecule has 5 rings (SSSR count). The topological polar surface area (TPSA) is 109 Å². The van der Waals surface area contributed by atoms with E-state index in [1.54, 1.807) is 48.7 Å². The van der Waals surface area contributed by atoms with Crippen LogP contribution in [0.3, 0.4) is 0 Å². The van der Waals surface area contributed by atoms with Crippen LogP contribution in [0.15, 0.2) is 105 Å². The van der Waals surface area contributed by atoms with Crippen LogP contribution in [0.5, 0.6) is 11.5 Å². The van der Waals surface area contributed by atoms with Crippen molar-refractivity contribution < 1.29 is 14.4 Å². The summed E-state index contributed by atoms with van der Waals surface area (Å²) in [4.78, 5) is 28.6. The van der Waals surface area contributed by atoms with Crippen molar-refractivity contribution in [2.24, 2.45) is 5.10 Å². The molecule has 200 valence electrons. The lowest BCUT2D eigenvalue weighted by Crippen LogP contribution is -2.20. The van der Waals surface area contributed by atoms with Gasteiger partial charge in [0.05, 0.1) is 28.6 Å². The lowest BCUT2D eigenvalue weighted by molar-refractivity contribution is -0.384. The predicted octanol–water partition coefficient (Wildman–Crippen LogP) is 6.59. The number of nitro benzene ring substituents is 1. The van der Waals surface area contributed by atoms with E-state index in [2.05, 4.69) is 21.0 Å². The average Bonchev–Trinajstić information content (AvgIpc) is 2.98. The van der Waals surface area contributed by atoms with Crippen molar-refractivity contribution in [3.63, 3.8) is 0 Å². The Labute approximate surface area is 237 Å². The molecule has 0 bridgehead atoms. The van der Waals surface area contributed by atoms with Crippen LogP contribution in [0.4, 0.5) is 5.69 Å². The predicted molar refractivity (Wildman–Crippen MR) is 157 cm³/mol. The van der Waals surface area contributed by atoms with Crippen LogP contribution in [0, 0.1) is 10.1 Å². The zero-order valence-electron chi connectivity index (χ0n) is 21.4. The average molecular weight is 599 g/mol. The molecule has 0 saturated heterocycles. The van der Waals surface area contributed by atoms with Crippen LogP contribution in [-0.2, 0) is 6.61 Å². The maximum absolute atomic E-state index is 13.4. The molecule has 0 fully saturated rings. The first-order valence-corrected chi connectivity index (χ1v) is 13.2. The van der Waals surface area contributed by atoms with E-state index in [1.807, 2.05) is 43.3 Å². The quantitative estimate of drug-likeness (QED) is 0.107. The Kier molecular flexibility index (Phi) is 7.97. The molecule has 0 amide bonds. The molecule has 0 aliphatic carbocycles. The molecule has 0 aliphatic rings. The molecule has 0 unspecified atom stereocenters. The summed E-state index contributed by atoms with van der Waals surface area (Å²) in [5.41, 5.74) is 2.50. The van der Waals surface area contributed by atoms with Gasteiger partial charge in [0.25, 0.3) is 11.2 Å². The van der Waals surface area contributed by atoms with Gasteiger partial charge in [0.15, 0.2) is 17.3 Å². The van der Waals surface area contributed by atoms with Crippen molar-refractivity contribution in [3.8, 4) is 22.9 Å². The van der Waals surface area contributed by atoms with Gasteiger partial charge in [-0.15, -0.1) is 0 Å². The Balaban J connectivity index is 1.49. The third-order valence-electron chi connectivity index (χ3n) is 6.00. The van der Waals surface area contributed by atoms with E-state index in [0.717, 1.165) is 11.1 Å². The van der Waals surface area contributed by atoms with E-state index >= 15 is 0 Å². The van der Waals surface area contributed by atoms with Gasteiger partial charge >= 0.3 is 0 Å².